The third kappa shape index (κ3) is 5.74. The van der Waals surface area contributed by atoms with Gasteiger partial charge in [0.1, 0.15) is 0 Å². The van der Waals surface area contributed by atoms with Crippen molar-refractivity contribution >= 4 is 0 Å². The van der Waals surface area contributed by atoms with Gasteiger partial charge in [-0.3, -0.25) is 0 Å². The minimum absolute atomic E-state index is 0.733. The highest BCUT2D eigenvalue weighted by Gasteiger charge is 2.04. The molecule has 1 aromatic rings. The van der Waals surface area contributed by atoms with Crippen molar-refractivity contribution in [3.8, 4) is 0 Å². The van der Waals surface area contributed by atoms with Gasteiger partial charge in [0.15, 0.2) is 5.82 Å². The van der Waals surface area contributed by atoms with Crippen molar-refractivity contribution in [3.63, 3.8) is 0 Å². The smallest absolute Gasteiger partial charge is 0.165 e. The molecule has 0 aliphatic rings. The van der Waals surface area contributed by atoms with Gasteiger partial charge >= 0.3 is 0 Å². The Morgan fingerprint density at radius 1 is 1.24 bits per heavy atom. The Morgan fingerprint density at radius 2 is 2.12 bits per heavy atom. The Labute approximate surface area is 103 Å². The van der Waals surface area contributed by atoms with E-state index in [2.05, 4.69) is 34.7 Å². The number of hydrogen-bond acceptors (Lipinski definition) is 5. The molecule has 17 heavy (non-hydrogen) atoms. The Morgan fingerprint density at radius 3 is 2.88 bits per heavy atom. The fraction of sp³-hybridized carbons (Fsp3) is 0.909. The first-order chi connectivity index (χ1) is 8.38. The number of nitrogens with one attached hydrogen (secondary N) is 1. The van der Waals surface area contributed by atoms with Crippen LogP contribution < -0.4 is 5.32 Å². The van der Waals surface area contributed by atoms with E-state index in [1.54, 1.807) is 0 Å². The maximum absolute atomic E-state index is 5.42. The van der Waals surface area contributed by atoms with Crippen LogP contribution in [0.3, 0.4) is 0 Å². The molecule has 0 spiro atoms. The van der Waals surface area contributed by atoms with Crippen LogP contribution in [0, 0.1) is 0 Å². The number of nitrogens with zero attached hydrogens (tertiary/aromatic N) is 4. The summed E-state index contributed by atoms with van der Waals surface area (Å²) >= 11 is 0. The van der Waals surface area contributed by atoms with E-state index in [1.165, 1.54) is 0 Å². The summed E-state index contributed by atoms with van der Waals surface area (Å²) < 4.78 is 7.27. The Kier molecular flexibility index (Phi) is 7.49. The summed E-state index contributed by atoms with van der Waals surface area (Å²) in [7, 11) is 0. The largest absolute Gasteiger partial charge is 0.381 e. The lowest BCUT2D eigenvalue weighted by atomic mass is 10.4. The Bertz CT molecular complexity index is 289. The second-order valence-electron chi connectivity index (χ2n) is 3.96. The topological polar surface area (TPSA) is 64.9 Å². The molecule has 0 bridgehead atoms. The maximum atomic E-state index is 5.42. The van der Waals surface area contributed by atoms with E-state index < -0.39 is 0 Å². The highest BCUT2D eigenvalue weighted by atomic mass is 16.5. The summed E-state index contributed by atoms with van der Waals surface area (Å²) in [6.07, 6.45) is 3.13. The number of aromatic nitrogens is 4. The molecule has 1 rings (SSSR count). The molecule has 6 heteroatoms. The van der Waals surface area contributed by atoms with Gasteiger partial charge < -0.3 is 10.1 Å². The van der Waals surface area contributed by atoms with Crippen LogP contribution in [-0.4, -0.2) is 40.0 Å². The quantitative estimate of drug-likeness (QED) is 0.619. The van der Waals surface area contributed by atoms with E-state index in [-0.39, 0.29) is 0 Å². The lowest BCUT2D eigenvalue weighted by Gasteiger charge is -2.05. The molecule has 0 amide bonds. The highest BCUT2D eigenvalue weighted by Crippen LogP contribution is 1.95. The molecule has 0 aliphatic carbocycles. The molecule has 1 aromatic heterocycles. The predicted molar refractivity (Wildman–Crippen MR) is 65.5 cm³/mol. The highest BCUT2D eigenvalue weighted by molar-refractivity contribution is 4.79. The molecule has 0 unspecified atom stereocenters. The van der Waals surface area contributed by atoms with Crippen LogP contribution in [0.1, 0.15) is 38.9 Å². The zero-order valence-corrected chi connectivity index (χ0v) is 10.9. The first-order valence-electron chi connectivity index (χ1n) is 6.42. The zero-order chi connectivity index (χ0) is 12.3. The van der Waals surface area contributed by atoms with E-state index in [0.29, 0.717) is 0 Å². The molecule has 0 aliphatic heterocycles. The van der Waals surface area contributed by atoms with Gasteiger partial charge in [-0.05, 0) is 36.2 Å². The van der Waals surface area contributed by atoms with Crippen molar-refractivity contribution in [1.82, 2.24) is 25.5 Å². The fourth-order valence-electron chi connectivity index (χ4n) is 1.46. The van der Waals surface area contributed by atoms with E-state index in [9.17, 15) is 0 Å². The van der Waals surface area contributed by atoms with Crippen LogP contribution in [0.4, 0.5) is 0 Å². The van der Waals surface area contributed by atoms with Crippen LogP contribution in [0.5, 0.6) is 0 Å². The standard InChI is InChI=1S/C11H23N5O/c1-3-6-12-10-11-13-14-15-16(11)7-5-9-17-8-4-2/h12H,3-10H2,1-2H3. The first kappa shape index (κ1) is 14.1. The Balaban J connectivity index is 2.20. The normalized spacial score (nSPS) is 10.9. The van der Waals surface area contributed by atoms with Crippen LogP contribution in [0.25, 0.3) is 0 Å². The van der Waals surface area contributed by atoms with Crippen LogP contribution in [-0.2, 0) is 17.8 Å². The van der Waals surface area contributed by atoms with Gasteiger partial charge in [0.25, 0.3) is 0 Å². The minimum atomic E-state index is 0.733. The lowest BCUT2D eigenvalue weighted by molar-refractivity contribution is 0.128. The molecule has 0 radical (unpaired) electrons. The molecule has 98 valence electrons. The van der Waals surface area contributed by atoms with E-state index in [4.69, 9.17) is 4.74 Å². The minimum Gasteiger partial charge on any atom is -0.381 e. The number of ether oxygens (including phenoxy) is 1. The van der Waals surface area contributed by atoms with E-state index >= 15 is 0 Å². The maximum Gasteiger partial charge on any atom is 0.165 e. The number of tetrazole rings is 1. The summed E-state index contributed by atoms with van der Waals surface area (Å²) in [6, 6.07) is 0. The third-order valence-corrected chi connectivity index (χ3v) is 2.32. The van der Waals surface area contributed by atoms with Crippen molar-refractivity contribution in [3.05, 3.63) is 5.82 Å². The molecule has 1 heterocycles. The molecule has 0 saturated carbocycles. The third-order valence-electron chi connectivity index (χ3n) is 2.32. The molecular weight excluding hydrogens is 218 g/mol. The number of hydrogen-bond donors (Lipinski definition) is 1. The second-order valence-corrected chi connectivity index (χ2v) is 3.96. The number of aryl methyl sites for hydroxylation is 1. The molecule has 0 atom stereocenters. The van der Waals surface area contributed by atoms with Crippen LogP contribution in [0.2, 0.25) is 0 Å². The summed E-state index contributed by atoms with van der Waals surface area (Å²) in [5, 5.41) is 15.0. The van der Waals surface area contributed by atoms with Gasteiger partial charge in [-0.25, -0.2) is 4.68 Å². The first-order valence-corrected chi connectivity index (χ1v) is 6.42. The average molecular weight is 241 g/mol. The fourth-order valence-corrected chi connectivity index (χ4v) is 1.46. The molecule has 6 nitrogen and oxygen atoms in total. The monoisotopic (exact) mass is 241 g/mol. The molecule has 0 fully saturated rings. The number of rotatable bonds is 10. The Hall–Kier alpha value is -1.01. The van der Waals surface area contributed by atoms with Gasteiger partial charge in [-0.1, -0.05) is 13.8 Å². The van der Waals surface area contributed by atoms with Crippen LogP contribution in [0.15, 0.2) is 0 Å². The molecule has 0 aromatic carbocycles. The second kappa shape index (κ2) is 9.07. The summed E-state index contributed by atoms with van der Waals surface area (Å²) in [4.78, 5) is 0. The van der Waals surface area contributed by atoms with Gasteiger partial charge in [-0.2, -0.15) is 0 Å². The molecule has 1 N–H and O–H groups in total. The van der Waals surface area contributed by atoms with Crippen molar-refractivity contribution < 1.29 is 4.74 Å². The van der Waals surface area contributed by atoms with E-state index in [1.807, 2.05) is 4.68 Å². The average Bonchev–Trinajstić information content (AvgIpc) is 2.77. The summed E-state index contributed by atoms with van der Waals surface area (Å²) in [5.74, 6) is 0.897. The lowest BCUT2D eigenvalue weighted by Crippen LogP contribution is -2.18. The van der Waals surface area contributed by atoms with Gasteiger partial charge in [0.05, 0.1) is 6.54 Å². The van der Waals surface area contributed by atoms with Gasteiger partial charge in [0.2, 0.25) is 0 Å². The zero-order valence-electron chi connectivity index (χ0n) is 10.9. The van der Waals surface area contributed by atoms with Crippen molar-refractivity contribution in [2.24, 2.45) is 0 Å². The van der Waals surface area contributed by atoms with E-state index in [0.717, 1.165) is 57.9 Å². The summed E-state index contributed by atoms with van der Waals surface area (Å²) in [5.41, 5.74) is 0. The van der Waals surface area contributed by atoms with Crippen molar-refractivity contribution in [1.29, 1.82) is 0 Å². The van der Waals surface area contributed by atoms with Gasteiger partial charge in [-0.15, -0.1) is 5.10 Å². The SMILES string of the molecule is CCCNCc1nnnn1CCCOCCC. The van der Waals surface area contributed by atoms with Gasteiger partial charge in [0, 0.05) is 19.8 Å². The van der Waals surface area contributed by atoms with Crippen molar-refractivity contribution in [2.45, 2.75) is 46.2 Å². The summed E-state index contributed by atoms with van der Waals surface area (Å²) in [6.45, 7) is 8.40. The molecule has 0 saturated heterocycles. The predicted octanol–water partition coefficient (Wildman–Crippen LogP) is 0.989. The molecular formula is C11H23N5O. The van der Waals surface area contributed by atoms with Crippen LogP contribution >= 0.6 is 0 Å². The van der Waals surface area contributed by atoms with Crippen molar-refractivity contribution in [2.75, 3.05) is 19.8 Å².